The van der Waals surface area contributed by atoms with Crippen LogP contribution in [0.3, 0.4) is 0 Å². The van der Waals surface area contributed by atoms with Gasteiger partial charge in [0.05, 0.1) is 5.56 Å². The first kappa shape index (κ1) is 19.5. The van der Waals surface area contributed by atoms with Crippen molar-refractivity contribution in [3.05, 3.63) is 77.3 Å². The Labute approximate surface area is 176 Å². The molecule has 2 aromatic heterocycles. The van der Waals surface area contributed by atoms with Crippen LogP contribution >= 0.6 is 11.3 Å². The lowest BCUT2D eigenvalue weighted by Crippen LogP contribution is -2.14. The molecule has 0 spiro atoms. The van der Waals surface area contributed by atoms with Crippen molar-refractivity contribution in [2.24, 2.45) is 5.73 Å². The second-order valence-corrected chi connectivity index (χ2v) is 7.41. The van der Waals surface area contributed by atoms with Crippen molar-refractivity contribution >= 4 is 29.0 Å². The monoisotopic (exact) mass is 418 g/mol. The number of hydrogen-bond donors (Lipinski definition) is 2. The van der Waals surface area contributed by atoms with Gasteiger partial charge in [0.1, 0.15) is 5.01 Å². The van der Waals surface area contributed by atoms with E-state index in [-0.39, 0.29) is 18.2 Å². The molecule has 0 radical (unpaired) electrons. The van der Waals surface area contributed by atoms with Crippen LogP contribution < -0.4 is 11.1 Å². The lowest BCUT2D eigenvalue weighted by molar-refractivity contribution is -0.116. The molecule has 0 atom stereocenters. The highest BCUT2D eigenvalue weighted by Gasteiger charge is 2.25. The summed E-state index contributed by atoms with van der Waals surface area (Å²) < 4.78 is 5.46. The zero-order valence-electron chi connectivity index (χ0n) is 15.9. The minimum absolute atomic E-state index is 0.159. The van der Waals surface area contributed by atoms with E-state index in [2.05, 4.69) is 15.5 Å². The van der Waals surface area contributed by atoms with Gasteiger partial charge in [-0.15, -0.1) is 11.3 Å². The molecule has 3 N–H and O–H groups in total. The average Bonchev–Trinajstić information content (AvgIpc) is 3.43. The quantitative estimate of drug-likeness (QED) is 0.469. The first-order chi connectivity index (χ1) is 14.6. The minimum atomic E-state index is -0.585. The van der Waals surface area contributed by atoms with Crippen LogP contribution in [0.25, 0.3) is 21.8 Å². The topological polar surface area (TPSA) is 111 Å². The Hall–Kier alpha value is -3.78. The molecule has 4 aromatic rings. The molecule has 4 rings (SSSR count). The van der Waals surface area contributed by atoms with E-state index in [1.54, 1.807) is 30.5 Å². The molecule has 0 unspecified atom stereocenters. The first-order valence-electron chi connectivity index (χ1n) is 9.26. The van der Waals surface area contributed by atoms with Crippen molar-refractivity contribution in [2.75, 3.05) is 5.32 Å². The van der Waals surface area contributed by atoms with Crippen molar-refractivity contribution in [1.29, 1.82) is 0 Å². The fourth-order valence-electron chi connectivity index (χ4n) is 3.12. The van der Waals surface area contributed by atoms with Gasteiger partial charge in [0.15, 0.2) is 5.69 Å². The van der Waals surface area contributed by atoms with E-state index in [4.69, 9.17) is 10.3 Å². The standard InChI is InChI=1S/C22H18N4O3S/c23-20(28)16-9-5-4-8-15(16)18-19(22-24-12-13-30-22)26-29-21(18)25-17(27)11-10-14-6-2-1-3-7-14/h1-9,12-13H,10-11H2,(H2,23,28)(H,25,27). The van der Waals surface area contributed by atoms with Gasteiger partial charge in [-0.2, -0.15) is 0 Å². The van der Waals surface area contributed by atoms with Crippen LogP contribution in [0.4, 0.5) is 5.88 Å². The molecule has 2 heterocycles. The highest BCUT2D eigenvalue weighted by molar-refractivity contribution is 7.13. The molecule has 0 saturated heterocycles. The van der Waals surface area contributed by atoms with Gasteiger partial charge in [-0.25, -0.2) is 4.98 Å². The predicted molar refractivity (Wildman–Crippen MR) is 115 cm³/mol. The minimum Gasteiger partial charge on any atom is -0.366 e. The Morgan fingerprint density at radius 1 is 1.07 bits per heavy atom. The van der Waals surface area contributed by atoms with Crippen LogP contribution in [-0.4, -0.2) is 22.0 Å². The Kier molecular flexibility index (Phi) is 5.67. The van der Waals surface area contributed by atoms with Crippen LogP contribution in [0.15, 0.2) is 70.7 Å². The third-order valence-electron chi connectivity index (χ3n) is 4.53. The summed E-state index contributed by atoms with van der Waals surface area (Å²) in [5, 5.41) is 9.32. The second kappa shape index (κ2) is 8.71. The van der Waals surface area contributed by atoms with Gasteiger partial charge >= 0.3 is 0 Å². The highest BCUT2D eigenvalue weighted by atomic mass is 32.1. The summed E-state index contributed by atoms with van der Waals surface area (Å²) in [5.74, 6) is -0.649. The number of hydrogen-bond acceptors (Lipinski definition) is 6. The van der Waals surface area contributed by atoms with E-state index in [0.29, 0.717) is 33.8 Å². The van der Waals surface area contributed by atoms with Gasteiger partial charge in [0.25, 0.3) is 0 Å². The van der Waals surface area contributed by atoms with Gasteiger partial charge in [-0.3, -0.25) is 14.9 Å². The Morgan fingerprint density at radius 2 is 1.83 bits per heavy atom. The predicted octanol–water partition coefficient (Wildman–Crippen LogP) is 4.14. The zero-order chi connectivity index (χ0) is 20.9. The number of primary amides is 1. The third kappa shape index (κ3) is 4.13. The number of thiazole rings is 1. The van der Waals surface area contributed by atoms with Crippen molar-refractivity contribution < 1.29 is 14.1 Å². The molecule has 0 aliphatic carbocycles. The largest absolute Gasteiger partial charge is 0.366 e. The molecule has 30 heavy (non-hydrogen) atoms. The van der Waals surface area contributed by atoms with E-state index in [1.807, 2.05) is 35.7 Å². The summed E-state index contributed by atoms with van der Waals surface area (Å²) in [4.78, 5) is 28.8. The second-order valence-electron chi connectivity index (χ2n) is 6.52. The molecule has 0 saturated carbocycles. The van der Waals surface area contributed by atoms with Crippen LogP contribution in [0.1, 0.15) is 22.3 Å². The summed E-state index contributed by atoms with van der Waals surface area (Å²) in [7, 11) is 0. The molecule has 0 bridgehead atoms. The first-order valence-corrected chi connectivity index (χ1v) is 10.1. The van der Waals surface area contributed by atoms with E-state index in [1.165, 1.54) is 11.3 Å². The molecule has 0 aliphatic rings. The maximum Gasteiger partial charge on any atom is 0.249 e. The van der Waals surface area contributed by atoms with Crippen molar-refractivity contribution in [3.63, 3.8) is 0 Å². The van der Waals surface area contributed by atoms with Crippen LogP contribution in [0.5, 0.6) is 0 Å². The maximum absolute atomic E-state index is 12.6. The number of aryl methyl sites for hydroxylation is 1. The summed E-state index contributed by atoms with van der Waals surface area (Å²) in [6.07, 6.45) is 2.51. The SMILES string of the molecule is NC(=O)c1ccccc1-c1c(-c2nccs2)noc1NC(=O)CCc1ccccc1. The average molecular weight is 418 g/mol. The van der Waals surface area contributed by atoms with Gasteiger partial charge in [0, 0.05) is 29.1 Å². The number of benzene rings is 2. The van der Waals surface area contributed by atoms with Gasteiger partial charge in [-0.1, -0.05) is 53.7 Å². The van der Waals surface area contributed by atoms with Gasteiger partial charge in [-0.05, 0) is 18.1 Å². The fourth-order valence-corrected chi connectivity index (χ4v) is 3.74. The van der Waals surface area contributed by atoms with Crippen molar-refractivity contribution in [3.8, 4) is 21.8 Å². The number of amides is 2. The lowest BCUT2D eigenvalue weighted by atomic mass is 9.99. The third-order valence-corrected chi connectivity index (χ3v) is 5.31. The van der Waals surface area contributed by atoms with Crippen molar-refractivity contribution in [2.45, 2.75) is 12.8 Å². The molecule has 150 valence electrons. The maximum atomic E-state index is 12.6. The highest BCUT2D eigenvalue weighted by Crippen LogP contribution is 2.40. The Morgan fingerprint density at radius 3 is 2.57 bits per heavy atom. The fraction of sp³-hybridized carbons (Fsp3) is 0.0909. The van der Waals surface area contributed by atoms with E-state index in [9.17, 15) is 9.59 Å². The Balaban J connectivity index is 1.67. The number of carbonyl (C=O) groups excluding carboxylic acids is 2. The number of nitrogens with one attached hydrogen (secondary N) is 1. The molecular weight excluding hydrogens is 400 g/mol. The molecule has 0 fully saturated rings. The number of carbonyl (C=O) groups is 2. The molecule has 2 amide bonds. The molecule has 7 nitrogen and oxygen atoms in total. The summed E-state index contributed by atoms with van der Waals surface area (Å²) in [6, 6.07) is 16.6. The van der Waals surface area contributed by atoms with Crippen LogP contribution in [0.2, 0.25) is 0 Å². The normalized spacial score (nSPS) is 10.7. The van der Waals surface area contributed by atoms with E-state index < -0.39 is 5.91 Å². The molecule has 8 heteroatoms. The zero-order valence-corrected chi connectivity index (χ0v) is 16.7. The summed E-state index contributed by atoms with van der Waals surface area (Å²) in [5.41, 5.74) is 8.37. The van der Waals surface area contributed by atoms with Crippen LogP contribution in [-0.2, 0) is 11.2 Å². The van der Waals surface area contributed by atoms with E-state index >= 15 is 0 Å². The molecule has 2 aromatic carbocycles. The number of aromatic nitrogens is 2. The summed E-state index contributed by atoms with van der Waals surface area (Å²) in [6.45, 7) is 0. The number of nitrogens with zero attached hydrogens (tertiary/aromatic N) is 2. The van der Waals surface area contributed by atoms with Gasteiger partial charge < -0.3 is 10.3 Å². The smallest absolute Gasteiger partial charge is 0.249 e. The van der Waals surface area contributed by atoms with Crippen LogP contribution in [0, 0.1) is 0 Å². The van der Waals surface area contributed by atoms with Gasteiger partial charge in [0.2, 0.25) is 17.7 Å². The van der Waals surface area contributed by atoms with E-state index in [0.717, 1.165) is 5.56 Å². The van der Waals surface area contributed by atoms with Crippen molar-refractivity contribution in [1.82, 2.24) is 10.1 Å². The number of nitrogens with two attached hydrogens (primary N) is 1. The molecular formula is C22H18N4O3S. The lowest BCUT2D eigenvalue weighted by Gasteiger charge is -2.09. The number of rotatable bonds is 7. The number of anilines is 1. The Bertz CT molecular complexity index is 1170. The molecule has 0 aliphatic heterocycles. The summed E-state index contributed by atoms with van der Waals surface area (Å²) >= 11 is 1.38.